The van der Waals surface area contributed by atoms with Crippen LogP contribution in [-0.4, -0.2) is 19.5 Å². The van der Waals surface area contributed by atoms with Gasteiger partial charge in [-0.2, -0.15) is 8.42 Å². The molecule has 0 aromatic carbocycles. The molecule has 0 unspecified atom stereocenters. The first-order valence-electron chi connectivity index (χ1n) is 2.40. The van der Waals surface area contributed by atoms with Crippen LogP contribution in [0.15, 0.2) is 11.5 Å². The Kier molecular flexibility index (Phi) is 3.44. The van der Waals surface area contributed by atoms with Gasteiger partial charge in [0.05, 0.1) is 5.41 Å². The summed E-state index contributed by atoms with van der Waals surface area (Å²) in [5.74, 6) is 0. The molecule has 3 N–H and O–H groups in total. The van der Waals surface area contributed by atoms with Crippen molar-refractivity contribution in [3.63, 3.8) is 0 Å². The molecule has 5 heteroatoms. The summed E-state index contributed by atoms with van der Waals surface area (Å²) in [6.07, 6.45) is 1.76. The highest BCUT2D eigenvalue weighted by atomic mass is 32.2. The van der Waals surface area contributed by atoms with Gasteiger partial charge in [-0.1, -0.05) is 6.08 Å². The summed E-state index contributed by atoms with van der Waals surface area (Å²) in [5.41, 5.74) is 5.03. The van der Waals surface area contributed by atoms with Crippen molar-refractivity contribution in [1.82, 2.24) is 0 Å². The molecule has 0 rings (SSSR count). The van der Waals surface area contributed by atoms with E-state index in [0.717, 1.165) is 5.41 Å². The van der Waals surface area contributed by atoms with Crippen LogP contribution in [0, 0.1) is 0 Å². The summed E-state index contributed by atoms with van der Waals surface area (Å²) < 4.78 is 28.0. The first kappa shape index (κ1) is 8.61. The van der Waals surface area contributed by atoms with Crippen molar-refractivity contribution >= 4 is 10.1 Å². The SMILES string of the molecule is NCC/C=C/S(=O)(=O)O. The van der Waals surface area contributed by atoms with Crippen molar-refractivity contribution in [2.45, 2.75) is 6.42 Å². The Morgan fingerprint density at radius 2 is 2.11 bits per heavy atom. The van der Waals surface area contributed by atoms with Gasteiger partial charge < -0.3 is 5.73 Å². The molecule has 0 aliphatic carbocycles. The quantitative estimate of drug-likeness (QED) is 0.544. The van der Waals surface area contributed by atoms with Gasteiger partial charge in [-0.25, -0.2) is 0 Å². The van der Waals surface area contributed by atoms with E-state index in [0.29, 0.717) is 13.0 Å². The number of rotatable bonds is 3. The third kappa shape index (κ3) is 7.61. The van der Waals surface area contributed by atoms with E-state index in [1.54, 1.807) is 0 Å². The first-order valence-corrected chi connectivity index (χ1v) is 3.90. The van der Waals surface area contributed by atoms with E-state index in [-0.39, 0.29) is 0 Å². The van der Waals surface area contributed by atoms with E-state index in [1.165, 1.54) is 6.08 Å². The van der Waals surface area contributed by atoms with Crippen LogP contribution in [0.2, 0.25) is 0 Å². The zero-order valence-electron chi connectivity index (χ0n) is 4.82. The summed E-state index contributed by atoms with van der Waals surface area (Å²) in [6.45, 7) is 0.381. The number of hydrogen-bond donors (Lipinski definition) is 2. The normalized spacial score (nSPS) is 12.7. The van der Waals surface area contributed by atoms with Gasteiger partial charge in [0.15, 0.2) is 0 Å². The monoisotopic (exact) mass is 151 g/mol. The molecule has 0 aromatic heterocycles. The lowest BCUT2D eigenvalue weighted by Gasteiger charge is -1.83. The van der Waals surface area contributed by atoms with Crippen LogP contribution in [0.1, 0.15) is 6.42 Å². The Labute approximate surface area is 54.1 Å². The standard InChI is InChI=1S/C4H9NO3S/c5-3-1-2-4-9(6,7)8/h2,4H,1,3,5H2,(H,6,7,8)/b4-2+. The van der Waals surface area contributed by atoms with Gasteiger partial charge in [-0.3, -0.25) is 4.55 Å². The van der Waals surface area contributed by atoms with Gasteiger partial charge in [-0.05, 0) is 13.0 Å². The Bertz CT molecular complexity index is 182. The topological polar surface area (TPSA) is 80.4 Å². The highest BCUT2D eigenvalue weighted by Crippen LogP contribution is 1.86. The minimum absolute atomic E-state index is 0.381. The molecule has 0 amide bonds. The highest BCUT2D eigenvalue weighted by Gasteiger charge is 1.92. The molecule has 0 bridgehead atoms. The van der Waals surface area contributed by atoms with Crippen LogP contribution < -0.4 is 5.73 Å². The average Bonchev–Trinajstić information content (AvgIpc) is 1.63. The predicted octanol–water partition coefficient (Wildman–Crippen LogP) is -0.263. The van der Waals surface area contributed by atoms with Crippen LogP contribution >= 0.6 is 0 Å². The molecule has 0 saturated heterocycles. The van der Waals surface area contributed by atoms with E-state index >= 15 is 0 Å². The minimum atomic E-state index is -3.93. The predicted molar refractivity (Wildman–Crippen MR) is 34.4 cm³/mol. The summed E-state index contributed by atoms with van der Waals surface area (Å²) in [5, 5.41) is 0.722. The molecule has 0 aliphatic heterocycles. The molecule has 0 radical (unpaired) electrons. The molecule has 0 aromatic rings. The van der Waals surface area contributed by atoms with Crippen LogP contribution in [0.5, 0.6) is 0 Å². The Balaban J connectivity index is 3.73. The van der Waals surface area contributed by atoms with Gasteiger partial charge in [0, 0.05) is 0 Å². The summed E-state index contributed by atoms with van der Waals surface area (Å²) in [4.78, 5) is 0. The lowest BCUT2D eigenvalue weighted by Crippen LogP contribution is -1.96. The van der Waals surface area contributed by atoms with Crippen LogP contribution in [-0.2, 0) is 10.1 Å². The maximum absolute atomic E-state index is 9.93. The Morgan fingerprint density at radius 3 is 2.44 bits per heavy atom. The smallest absolute Gasteiger partial charge is 0.287 e. The molecule has 0 aliphatic rings. The van der Waals surface area contributed by atoms with Crippen LogP contribution in [0.4, 0.5) is 0 Å². The van der Waals surface area contributed by atoms with E-state index in [9.17, 15) is 8.42 Å². The molecule has 54 valence electrons. The number of nitrogens with two attached hydrogens (primary N) is 1. The van der Waals surface area contributed by atoms with Crippen molar-refractivity contribution in [1.29, 1.82) is 0 Å². The average molecular weight is 151 g/mol. The molecule has 0 fully saturated rings. The third-order valence-corrected chi connectivity index (χ3v) is 1.14. The third-order valence-electron chi connectivity index (χ3n) is 0.602. The molecule has 0 heterocycles. The fraction of sp³-hybridized carbons (Fsp3) is 0.500. The molecular formula is C4H9NO3S. The lowest BCUT2D eigenvalue weighted by atomic mass is 10.4. The fourth-order valence-corrected chi connectivity index (χ4v) is 0.665. The molecule has 0 spiro atoms. The van der Waals surface area contributed by atoms with Crippen molar-refractivity contribution in [2.24, 2.45) is 5.73 Å². The molecule has 0 atom stereocenters. The van der Waals surface area contributed by atoms with E-state index in [2.05, 4.69) is 0 Å². The van der Waals surface area contributed by atoms with Crippen molar-refractivity contribution < 1.29 is 13.0 Å². The van der Waals surface area contributed by atoms with Gasteiger partial charge in [0.1, 0.15) is 0 Å². The van der Waals surface area contributed by atoms with Crippen molar-refractivity contribution in [3.8, 4) is 0 Å². The van der Waals surface area contributed by atoms with Gasteiger partial charge in [0.25, 0.3) is 10.1 Å². The van der Waals surface area contributed by atoms with Gasteiger partial charge in [-0.15, -0.1) is 0 Å². The second kappa shape index (κ2) is 3.60. The van der Waals surface area contributed by atoms with E-state index < -0.39 is 10.1 Å². The second-order valence-electron chi connectivity index (χ2n) is 1.46. The summed E-state index contributed by atoms with van der Waals surface area (Å²) in [6, 6.07) is 0. The van der Waals surface area contributed by atoms with Crippen LogP contribution in [0.25, 0.3) is 0 Å². The summed E-state index contributed by atoms with van der Waals surface area (Å²) in [7, 11) is -3.93. The highest BCUT2D eigenvalue weighted by molar-refractivity contribution is 7.88. The minimum Gasteiger partial charge on any atom is -0.330 e. The molecule has 0 saturated carbocycles. The van der Waals surface area contributed by atoms with Gasteiger partial charge in [0.2, 0.25) is 0 Å². The molecule has 9 heavy (non-hydrogen) atoms. The Morgan fingerprint density at radius 1 is 1.56 bits per heavy atom. The largest absolute Gasteiger partial charge is 0.330 e. The first-order chi connectivity index (χ1) is 4.06. The van der Waals surface area contributed by atoms with Crippen LogP contribution in [0.3, 0.4) is 0 Å². The van der Waals surface area contributed by atoms with Crippen molar-refractivity contribution in [3.05, 3.63) is 11.5 Å². The zero-order chi connectivity index (χ0) is 7.33. The zero-order valence-corrected chi connectivity index (χ0v) is 5.63. The summed E-state index contributed by atoms with van der Waals surface area (Å²) >= 11 is 0. The molecule has 4 nitrogen and oxygen atoms in total. The van der Waals surface area contributed by atoms with E-state index in [1.807, 2.05) is 0 Å². The Hall–Kier alpha value is -0.390. The maximum Gasteiger partial charge on any atom is 0.287 e. The van der Waals surface area contributed by atoms with E-state index in [4.69, 9.17) is 10.3 Å². The second-order valence-corrected chi connectivity index (χ2v) is 2.77. The molecular weight excluding hydrogens is 142 g/mol. The van der Waals surface area contributed by atoms with Crippen molar-refractivity contribution in [2.75, 3.05) is 6.54 Å². The maximum atomic E-state index is 9.93. The number of hydrogen-bond acceptors (Lipinski definition) is 3. The van der Waals surface area contributed by atoms with Gasteiger partial charge >= 0.3 is 0 Å². The fourth-order valence-electron chi connectivity index (χ4n) is 0.286. The lowest BCUT2D eigenvalue weighted by molar-refractivity contribution is 0.494.